The molecule has 2 saturated heterocycles. The molecule has 0 unspecified atom stereocenters. The number of hydrogen-bond acceptors (Lipinski definition) is 5. The first-order chi connectivity index (χ1) is 13.3. The van der Waals surface area contributed by atoms with Gasteiger partial charge in [0.2, 0.25) is 5.91 Å². The Hall–Kier alpha value is -1.97. The largest absolute Gasteiger partial charge is 0.444 e. The zero-order chi connectivity index (χ0) is 21.7. The molecular formula is C19H23ClF2N2O5. The predicted octanol–water partition coefficient (Wildman–Crippen LogP) is 3.70. The van der Waals surface area contributed by atoms with Crippen LogP contribution in [0.5, 0.6) is 0 Å². The van der Waals surface area contributed by atoms with Crippen molar-refractivity contribution in [3.05, 3.63) is 28.8 Å². The number of benzene rings is 1. The number of carbonyl (C=O) groups is 2. The lowest BCUT2D eigenvalue weighted by molar-refractivity contribution is -0.162. The topological polar surface area (TPSA) is 77.1 Å². The van der Waals surface area contributed by atoms with E-state index in [1.165, 1.54) is 4.90 Å². The Bertz CT molecular complexity index is 843. The van der Waals surface area contributed by atoms with E-state index in [1.807, 2.05) is 0 Å². The minimum Gasteiger partial charge on any atom is -0.444 e. The number of nitrogens with zero attached hydrogens (tertiary/aromatic N) is 1. The highest BCUT2D eigenvalue weighted by Gasteiger charge is 2.57. The van der Waals surface area contributed by atoms with Crippen molar-refractivity contribution in [3.63, 3.8) is 0 Å². The average molecular weight is 433 g/mol. The van der Waals surface area contributed by atoms with Crippen LogP contribution in [0.1, 0.15) is 34.6 Å². The van der Waals surface area contributed by atoms with Crippen molar-refractivity contribution in [1.29, 1.82) is 0 Å². The first kappa shape index (κ1) is 21.7. The van der Waals surface area contributed by atoms with E-state index in [9.17, 15) is 18.4 Å². The van der Waals surface area contributed by atoms with Gasteiger partial charge in [0.05, 0.1) is 12.2 Å². The highest BCUT2D eigenvalue weighted by atomic mass is 35.5. The summed E-state index contributed by atoms with van der Waals surface area (Å²) in [6, 6.07) is 0.844. The van der Waals surface area contributed by atoms with Crippen LogP contribution in [0.15, 0.2) is 12.1 Å². The quantitative estimate of drug-likeness (QED) is 0.721. The SMILES string of the molecule is CC(C)(C)OC(=O)N1C[C@H]2OC(C)(C)O[C@H]2[C@H]1C(=O)Nc1ccc(F)c(Cl)c1F. The molecule has 3 atom stereocenters. The Morgan fingerprint density at radius 3 is 2.55 bits per heavy atom. The van der Waals surface area contributed by atoms with Crippen LogP contribution in [0.3, 0.4) is 0 Å². The molecule has 0 spiro atoms. The third kappa shape index (κ3) is 4.46. The fraction of sp³-hybridized carbons (Fsp3) is 0.579. The molecule has 0 aliphatic carbocycles. The summed E-state index contributed by atoms with van der Waals surface area (Å²) in [6.07, 6.45) is -2.07. The Morgan fingerprint density at radius 1 is 1.28 bits per heavy atom. The maximum atomic E-state index is 14.2. The normalized spacial score (nSPS) is 25.7. The monoisotopic (exact) mass is 432 g/mol. The van der Waals surface area contributed by atoms with Gasteiger partial charge in [-0.2, -0.15) is 0 Å². The van der Waals surface area contributed by atoms with Crippen molar-refractivity contribution in [2.24, 2.45) is 0 Å². The average Bonchev–Trinajstić information content (AvgIpc) is 3.05. The third-order valence-electron chi connectivity index (χ3n) is 4.43. The molecule has 160 valence electrons. The number of ether oxygens (including phenoxy) is 3. The second-order valence-electron chi connectivity index (χ2n) is 8.43. The van der Waals surface area contributed by atoms with Crippen LogP contribution >= 0.6 is 11.6 Å². The smallest absolute Gasteiger partial charge is 0.411 e. The van der Waals surface area contributed by atoms with E-state index in [1.54, 1.807) is 34.6 Å². The van der Waals surface area contributed by atoms with E-state index >= 15 is 0 Å². The Kier molecular flexibility index (Phi) is 5.53. The van der Waals surface area contributed by atoms with Crippen LogP contribution in [0, 0.1) is 11.6 Å². The standard InChI is InChI=1S/C19H23ClF2N2O5/c1-18(2,3)29-17(26)24-8-11-15(28-19(4,5)27-11)14(24)16(25)23-10-7-6-9(21)12(20)13(10)22/h6-7,11,14-15H,8H2,1-5H3,(H,23,25)/t11-,14+,15-/m1/s1. The van der Waals surface area contributed by atoms with E-state index < -0.39 is 58.3 Å². The molecule has 1 aromatic carbocycles. The number of carbonyl (C=O) groups excluding carboxylic acids is 2. The molecule has 1 aromatic rings. The van der Waals surface area contributed by atoms with E-state index in [-0.39, 0.29) is 12.2 Å². The van der Waals surface area contributed by atoms with Gasteiger partial charge in [-0.15, -0.1) is 0 Å². The van der Waals surface area contributed by atoms with Crippen molar-refractivity contribution >= 4 is 29.3 Å². The summed E-state index contributed by atoms with van der Waals surface area (Å²) in [4.78, 5) is 26.8. The lowest BCUT2D eigenvalue weighted by Gasteiger charge is -2.31. The summed E-state index contributed by atoms with van der Waals surface area (Å²) in [5.41, 5.74) is -1.10. The fourth-order valence-electron chi connectivity index (χ4n) is 3.39. The molecular weight excluding hydrogens is 410 g/mol. The molecule has 2 fully saturated rings. The summed E-state index contributed by atoms with van der Waals surface area (Å²) in [5, 5.41) is 1.62. The van der Waals surface area contributed by atoms with Crippen LogP contribution in [-0.2, 0) is 19.0 Å². The van der Waals surface area contributed by atoms with Crippen molar-refractivity contribution < 1.29 is 32.6 Å². The minimum atomic E-state index is -1.14. The van der Waals surface area contributed by atoms with Gasteiger partial charge in [-0.25, -0.2) is 13.6 Å². The summed E-state index contributed by atoms with van der Waals surface area (Å²) in [5.74, 6) is -3.74. The minimum absolute atomic E-state index is 0.0632. The number of likely N-dealkylation sites (tertiary alicyclic amines) is 1. The van der Waals surface area contributed by atoms with Crippen LogP contribution in [0.25, 0.3) is 0 Å². The molecule has 10 heteroatoms. The number of fused-ring (bicyclic) bond motifs is 1. The lowest BCUT2D eigenvalue weighted by atomic mass is 10.1. The number of anilines is 1. The van der Waals surface area contributed by atoms with E-state index in [0.717, 1.165) is 12.1 Å². The van der Waals surface area contributed by atoms with E-state index in [0.29, 0.717) is 0 Å². The summed E-state index contributed by atoms with van der Waals surface area (Å²) < 4.78 is 44.6. The van der Waals surface area contributed by atoms with Gasteiger partial charge < -0.3 is 19.5 Å². The van der Waals surface area contributed by atoms with E-state index in [2.05, 4.69) is 5.32 Å². The predicted molar refractivity (Wildman–Crippen MR) is 101 cm³/mol. The molecule has 3 rings (SSSR count). The highest BCUT2D eigenvalue weighted by Crippen LogP contribution is 2.38. The van der Waals surface area contributed by atoms with Crippen molar-refractivity contribution in [3.8, 4) is 0 Å². The van der Waals surface area contributed by atoms with Gasteiger partial charge in [0.15, 0.2) is 11.6 Å². The molecule has 7 nitrogen and oxygen atoms in total. The maximum Gasteiger partial charge on any atom is 0.411 e. The second-order valence-corrected chi connectivity index (χ2v) is 8.81. The van der Waals surface area contributed by atoms with Crippen LogP contribution in [0.4, 0.5) is 19.3 Å². The number of rotatable bonds is 2. The van der Waals surface area contributed by atoms with Crippen LogP contribution < -0.4 is 5.32 Å². The molecule has 29 heavy (non-hydrogen) atoms. The van der Waals surface area contributed by atoms with Crippen molar-refractivity contribution in [1.82, 2.24) is 4.90 Å². The molecule has 0 radical (unpaired) electrons. The van der Waals surface area contributed by atoms with Gasteiger partial charge in [0.25, 0.3) is 0 Å². The van der Waals surface area contributed by atoms with Crippen molar-refractivity contribution in [2.75, 3.05) is 11.9 Å². The van der Waals surface area contributed by atoms with Crippen LogP contribution in [0.2, 0.25) is 5.02 Å². The van der Waals surface area contributed by atoms with Gasteiger partial charge in [0.1, 0.15) is 34.7 Å². The molecule has 2 aliphatic heterocycles. The van der Waals surface area contributed by atoms with E-state index in [4.69, 9.17) is 25.8 Å². The van der Waals surface area contributed by atoms with Gasteiger partial charge >= 0.3 is 6.09 Å². The third-order valence-corrected chi connectivity index (χ3v) is 4.78. The molecule has 1 N–H and O–H groups in total. The van der Waals surface area contributed by atoms with Crippen molar-refractivity contribution in [2.45, 2.75) is 64.3 Å². The summed E-state index contributed by atoms with van der Waals surface area (Å²) >= 11 is 5.57. The lowest BCUT2D eigenvalue weighted by Crippen LogP contribution is -2.50. The zero-order valence-electron chi connectivity index (χ0n) is 16.7. The molecule has 0 aromatic heterocycles. The number of nitrogens with one attached hydrogen (secondary N) is 1. The Balaban J connectivity index is 1.88. The van der Waals surface area contributed by atoms with Gasteiger partial charge in [0, 0.05) is 0 Å². The summed E-state index contributed by atoms with van der Waals surface area (Å²) in [6.45, 7) is 8.54. The first-order valence-corrected chi connectivity index (χ1v) is 9.46. The molecule has 2 amide bonds. The maximum absolute atomic E-state index is 14.2. The van der Waals surface area contributed by atoms with Gasteiger partial charge in [-0.3, -0.25) is 9.69 Å². The number of halogens is 3. The molecule has 2 heterocycles. The second kappa shape index (κ2) is 7.37. The molecule has 2 aliphatic rings. The first-order valence-electron chi connectivity index (χ1n) is 9.09. The Morgan fingerprint density at radius 2 is 1.93 bits per heavy atom. The number of amides is 2. The van der Waals surface area contributed by atoms with Crippen LogP contribution in [-0.4, -0.2) is 53.1 Å². The summed E-state index contributed by atoms with van der Waals surface area (Å²) in [7, 11) is 0. The fourth-order valence-corrected chi connectivity index (χ4v) is 3.55. The van der Waals surface area contributed by atoms with Gasteiger partial charge in [-0.05, 0) is 46.8 Å². The Labute approximate surface area is 172 Å². The molecule has 0 saturated carbocycles. The molecule has 0 bridgehead atoms. The van der Waals surface area contributed by atoms with Gasteiger partial charge in [-0.1, -0.05) is 11.6 Å². The highest BCUT2D eigenvalue weighted by molar-refractivity contribution is 6.31. The number of hydrogen-bond donors (Lipinski definition) is 1. The zero-order valence-corrected chi connectivity index (χ0v) is 17.5.